The predicted molar refractivity (Wildman–Crippen MR) is 178 cm³/mol. The Labute approximate surface area is 279 Å². The highest BCUT2D eigenvalue weighted by molar-refractivity contribution is 7.86. The van der Waals surface area contributed by atoms with E-state index < -0.39 is 47.0 Å². The molecule has 1 atom stereocenters. The van der Waals surface area contributed by atoms with Crippen LogP contribution in [0.5, 0.6) is 0 Å². The fourth-order valence-electron chi connectivity index (χ4n) is 7.90. The van der Waals surface area contributed by atoms with E-state index in [4.69, 9.17) is 4.55 Å². The number of halogens is 5. The average molecular weight is 712 g/mol. The maximum absolute atomic E-state index is 13.6. The zero-order chi connectivity index (χ0) is 35.1. The first kappa shape index (κ1) is 36.4. The lowest BCUT2D eigenvalue weighted by atomic mass is 9.49. The number of hydrogen-bond donors (Lipinski definition) is 1. The molecule has 4 aliphatic carbocycles. The number of rotatable bonds is 7. The Morgan fingerprint density at radius 3 is 1.50 bits per heavy atom. The van der Waals surface area contributed by atoms with Gasteiger partial charge in [0.05, 0.1) is 13.3 Å². The minimum absolute atomic E-state index is 0.144. The smallest absolute Gasteiger partial charge is 0.432 e. The van der Waals surface area contributed by atoms with Gasteiger partial charge in [0, 0.05) is 0 Å². The molecule has 48 heavy (non-hydrogen) atoms. The molecule has 4 fully saturated rings. The van der Waals surface area contributed by atoms with Crippen LogP contribution < -0.4 is 15.9 Å². The van der Waals surface area contributed by atoms with Gasteiger partial charge in [0.15, 0.2) is 0 Å². The lowest BCUT2D eigenvalue weighted by Crippen LogP contribution is -2.56. The Morgan fingerprint density at radius 2 is 1.15 bits per heavy atom. The molecule has 0 saturated heterocycles. The van der Waals surface area contributed by atoms with Gasteiger partial charge in [-0.05, 0) is 104 Å². The lowest BCUT2D eigenvalue weighted by molar-refractivity contribution is -0.266. The third kappa shape index (κ3) is 7.79. The van der Waals surface area contributed by atoms with E-state index in [1.54, 1.807) is 0 Å². The molecular formula is C36H41F5O5PS+. The summed E-state index contributed by atoms with van der Waals surface area (Å²) in [7, 11) is -7.36. The van der Waals surface area contributed by atoms with Gasteiger partial charge in [-0.15, -0.1) is 0 Å². The van der Waals surface area contributed by atoms with E-state index in [9.17, 15) is 35.2 Å². The summed E-state index contributed by atoms with van der Waals surface area (Å²) < 4.78 is 99.9. The fraction of sp³-hybridized carbons (Fsp3) is 0.472. The van der Waals surface area contributed by atoms with Crippen LogP contribution in [0.4, 0.5) is 22.0 Å². The van der Waals surface area contributed by atoms with Crippen LogP contribution in [0, 0.1) is 23.2 Å². The molecule has 0 radical (unpaired) electrons. The first-order valence-electron chi connectivity index (χ1n) is 16.0. The Balaban J connectivity index is 0.000000188. The van der Waals surface area contributed by atoms with Crippen molar-refractivity contribution in [1.82, 2.24) is 0 Å². The van der Waals surface area contributed by atoms with Crippen LogP contribution in [0.15, 0.2) is 84.9 Å². The van der Waals surface area contributed by atoms with Crippen molar-refractivity contribution in [2.24, 2.45) is 23.2 Å². The highest BCUT2D eigenvalue weighted by Gasteiger charge is 2.67. The summed E-state index contributed by atoms with van der Waals surface area (Å²) >= 11 is 0. The first-order valence-corrected chi connectivity index (χ1v) is 19.0. The van der Waals surface area contributed by atoms with Gasteiger partial charge < -0.3 is 4.74 Å². The monoisotopic (exact) mass is 711 g/mol. The number of esters is 1. The molecule has 4 aliphatic rings. The van der Waals surface area contributed by atoms with Gasteiger partial charge in [-0.2, -0.15) is 30.4 Å². The van der Waals surface area contributed by atoms with Gasteiger partial charge in [0.2, 0.25) is 0 Å². The normalized spacial score (nSPS) is 24.5. The van der Waals surface area contributed by atoms with Crippen molar-refractivity contribution in [3.05, 3.63) is 90.5 Å². The molecule has 12 heteroatoms. The summed E-state index contributed by atoms with van der Waals surface area (Å²) in [5, 5.41) is -1.36. The molecule has 7 rings (SSSR count). The van der Waals surface area contributed by atoms with Gasteiger partial charge in [-0.25, -0.2) is 0 Å². The van der Waals surface area contributed by atoms with Crippen molar-refractivity contribution in [3.63, 3.8) is 0 Å². The summed E-state index contributed by atoms with van der Waals surface area (Å²) in [6, 6.07) is 31.1. The summed E-state index contributed by atoms with van der Waals surface area (Å²) in [4.78, 5) is 12.4. The summed E-state index contributed by atoms with van der Waals surface area (Å²) in [6.45, 7) is 6.80. The van der Waals surface area contributed by atoms with Crippen LogP contribution in [0.2, 0.25) is 0 Å². The molecule has 0 aromatic heterocycles. The van der Waals surface area contributed by atoms with Crippen LogP contribution in [-0.4, -0.2) is 36.5 Å². The van der Waals surface area contributed by atoms with Gasteiger partial charge in [0.25, 0.3) is 6.10 Å². The molecule has 0 aliphatic heterocycles. The number of carbonyl (C=O) groups excluding carboxylic acids is 1. The second kappa shape index (κ2) is 13.4. The number of hydrogen-bond acceptors (Lipinski definition) is 4. The van der Waals surface area contributed by atoms with E-state index in [-0.39, 0.29) is 42.4 Å². The molecule has 1 unspecified atom stereocenters. The molecule has 260 valence electrons. The molecule has 3 aromatic carbocycles. The second-order valence-corrected chi connectivity index (χ2v) is 18.5. The largest absolute Gasteiger partial charge is 0.444 e. The Bertz CT molecular complexity index is 1600. The molecule has 4 saturated carbocycles. The molecular weight excluding hydrogens is 670 g/mol. The molecule has 0 heterocycles. The highest BCUT2D eigenvalue weighted by atomic mass is 32.2. The zero-order valence-corrected chi connectivity index (χ0v) is 28.8. The predicted octanol–water partition coefficient (Wildman–Crippen LogP) is 7.63. The molecule has 1 N–H and O–H groups in total. The molecule has 0 spiro atoms. The van der Waals surface area contributed by atoms with Gasteiger partial charge in [-0.1, -0.05) is 69.3 Å². The Kier molecular flexibility index (Phi) is 10.2. The van der Waals surface area contributed by atoms with Crippen molar-refractivity contribution >= 4 is 39.9 Å². The van der Waals surface area contributed by atoms with Crippen LogP contribution in [0.25, 0.3) is 0 Å². The SMILES string of the molecule is CC(C)(C)c1ccc([PH+](c2ccccc2)c2ccccc2)cc1.O=C(OC(C(F)(F)F)C(F)(F)S(=O)(=O)O)C12CC3CC(CC(C3)C1)C2. The van der Waals surface area contributed by atoms with Crippen LogP contribution >= 0.6 is 7.92 Å². The quantitative estimate of drug-likeness (QED) is 0.118. The van der Waals surface area contributed by atoms with Gasteiger partial charge in [-0.3, -0.25) is 9.35 Å². The lowest BCUT2D eigenvalue weighted by Gasteiger charge is -2.55. The maximum Gasteiger partial charge on any atom is 0.432 e. The van der Waals surface area contributed by atoms with Crippen LogP contribution in [0.3, 0.4) is 0 Å². The average Bonchev–Trinajstić information content (AvgIpc) is 2.99. The topological polar surface area (TPSA) is 80.7 Å². The highest BCUT2D eigenvalue weighted by Crippen LogP contribution is 2.60. The minimum Gasteiger partial charge on any atom is -0.444 e. The van der Waals surface area contributed by atoms with Gasteiger partial charge in [0.1, 0.15) is 15.9 Å². The third-order valence-corrected chi connectivity index (χ3v) is 13.4. The molecule has 5 nitrogen and oxygen atoms in total. The first-order chi connectivity index (χ1) is 22.3. The van der Waals surface area contributed by atoms with E-state index in [0.29, 0.717) is 0 Å². The van der Waals surface area contributed by atoms with Crippen molar-refractivity contribution < 1.29 is 44.5 Å². The standard InChI is InChI=1S/C22H23P.C14H17F5O5S/c1-22(2,3)18-14-16-21(17-15-18)23(19-10-6-4-7-11-19)20-12-8-5-9-13-20;15-13(16,17)10(14(18,19)25(21,22)23)24-11(20)12-4-7-1-8(5-12)3-9(2-7)6-12/h4-17H,1-3H3;7-10H,1-6H2,(H,21,22,23)/p+1. The Hall–Kier alpha value is -2.88. The third-order valence-electron chi connectivity index (χ3n) is 9.81. The second-order valence-electron chi connectivity index (χ2n) is 14.5. The van der Waals surface area contributed by atoms with Crippen molar-refractivity contribution in [2.45, 2.75) is 82.2 Å². The fourth-order valence-corrected chi connectivity index (χ4v) is 10.9. The van der Waals surface area contributed by atoms with E-state index >= 15 is 0 Å². The Morgan fingerprint density at radius 1 is 0.750 bits per heavy atom. The van der Waals surface area contributed by atoms with E-state index in [1.807, 2.05) is 0 Å². The van der Waals surface area contributed by atoms with E-state index in [1.165, 1.54) is 21.5 Å². The summed E-state index contributed by atoms with van der Waals surface area (Å²) in [5.41, 5.74) is 0.321. The van der Waals surface area contributed by atoms with Crippen LogP contribution in [0.1, 0.15) is 64.9 Å². The van der Waals surface area contributed by atoms with Crippen molar-refractivity contribution in [3.8, 4) is 0 Å². The van der Waals surface area contributed by atoms with E-state index in [0.717, 1.165) is 19.3 Å². The van der Waals surface area contributed by atoms with Gasteiger partial charge >= 0.3 is 27.5 Å². The number of alkyl halides is 5. The number of carbonyl (C=O) groups is 1. The summed E-state index contributed by atoms with van der Waals surface area (Å²) in [5.74, 6) is -1.02. The molecule has 0 amide bonds. The summed E-state index contributed by atoms with van der Waals surface area (Å²) in [6.07, 6.45) is -6.73. The minimum atomic E-state index is -6.42. The number of benzene rings is 3. The van der Waals surface area contributed by atoms with Crippen LogP contribution in [-0.2, 0) is 25.1 Å². The molecule has 3 aromatic rings. The van der Waals surface area contributed by atoms with Crippen molar-refractivity contribution in [1.29, 1.82) is 0 Å². The molecule has 4 bridgehead atoms. The van der Waals surface area contributed by atoms with E-state index in [2.05, 4.69) is 110 Å². The zero-order valence-electron chi connectivity index (χ0n) is 27.0. The maximum atomic E-state index is 13.6. The number of ether oxygens (including phenoxy) is 1. The van der Waals surface area contributed by atoms with Crippen molar-refractivity contribution in [2.75, 3.05) is 0 Å².